The van der Waals surface area contributed by atoms with Crippen LogP contribution >= 0.6 is 23.2 Å². The summed E-state index contributed by atoms with van der Waals surface area (Å²) in [5.41, 5.74) is 4.67. The van der Waals surface area contributed by atoms with Crippen molar-refractivity contribution >= 4 is 39.0 Å². The van der Waals surface area contributed by atoms with Gasteiger partial charge in [-0.15, -0.1) is 0 Å². The fourth-order valence-corrected chi connectivity index (χ4v) is 6.61. The van der Waals surface area contributed by atoms with E-state index in [9.17, 15) is 15.3 Å². The Kier molecular flexibility index (Phi) is 11.9. The Bertz CT molecular complexity index is 1060. The standard InChI is InChI=1S/C28H32AsCl2O4/c30-25-8-4-9-26(31)24(25)7-1-2-14-35-19-21-6-3-5-20(15-21)12-13-29-17-28(34)22-10-11-27(33)23(16-22)18-32/h3-6,8-11,15-16,28,32-34H,1-2,7,12-14,17-19H2/t28-/m0/s1. The molecular weight excluding hydrogens is 546 g/mol. The van der Waals surface area contributed by atoms with E-state index >= 15 is 0 Å². The normalized spacial score (nSPS) is 12.5. The fourth-order valence-electron chi connectivity index (χ4n) is 3.81. The zero-order valence-electron chi connectivity index (χ0n) is 19.7. The SMILES string of the molecule is OCc1cc([C@@H](O)C[As]CCc2cccc(COCCCCc3c(Cl)cccc3Cl)c2)ccc1O. The van der Waals surface area contributed by atoms with E-state index in [2.05, 4.69) is 24.3 Å². The molecule has 0 saturated carbocycles. The van der Waals surface area contributed by atoms with E-state index in [4.69, 9.17) is 27.9 Å². The summed E-state index contributed by atoms with van der Waals surface area (Å²) in [5.74, 6) is 0.0580. The first kappa shape index (κ1) is 28.1. The van der Waals surface area contributed by atoms with Crippen LogP contribution in [-0.4, -0.2) is 37.7 Å². The van der Waals surface area contributed by atoms with E-state index in [-0.39, 0.29) is 28.1 Å². The van der Waals surface area contributed by atoms with Crippen LogP contribution in [0.3, 0.4) is 0 Å². The number of unbranched alkanes of at least 4 members (excludes halogenated alkanes) is 1. The van der Waals surface area contributed by atoms with Crippen molar-refractivity contribution in [3.8, 4) is 5.75 Å². The number of phenols is 1. The predicted octanol–water partition coefficient (Wildman–Crippen LogP) is 6.55. The summed E-state index contributed by atoms with van der Waals surface area (Å²) in [7, 11) is 0. The molecular formula is C28H32AsCl2O4. The number of halogens is 2. The molecule has 7 heteroatoms. The van der Waals surface area contributed by atoms with Crippen LogP contribution < -0.4 is 0 Å². The van der Waals surface area contributed by atoms with Crippen molar-refractivity contribution in [1.82, 2.24) is 0 Å². The van der Waals surface area contributed by atoms with Gasteiger partial charge in [-0.05, 0) is 12.1 Å². The molecule has 3 N–H and O–H groups in total. The summed E-state index contributed by atoms with van der Waals surface area (Å²) in [6, 6.07) is 19.0. The third-order valence-electron chi connectivity index (χ3n) is 5.81. The molecule has 1 radical (unpaired) electrons. The zero-order chi connectivity index (χ0) is 25.0. The summed E-state index contributed by atoms with van der Waals surface area (Å²) in [6.07, 6.45) is 3.20. The van der Waals surface area contributed by atoms with Gasteiger partial charge in [0.2, 0.25) is 0 Å². The number of hydrogen-bond acceptors (Lipinski definition) is 4. The number of hydrogen-bond donors (Lipinski definition) is 3. The Morgan fingerprint density at radius 2 is 1.63 bits per heavy atom. The average Bonchev–Trinajstić information content (AvgIpc) is 2.86. The molecule has 0 fully saturated rings. The van der Waals surface area contributed by atoms with E-state index in [1.54, 1.807) is 12.1 Å². The topological polar surface area (TPSA) is 69.9 Å². The molecule has 0 aliphatic carbocycles. The van der Waals surface area contributed by atoms with Gasteiger partial charge in [0.25, 0.3) is 0 Å². The fraction of sp³-hybridized carbons (Fsp3) is 0.357. The van der Waals surface area contributed by atoms with Gasteiger partial charge in [-0.25, -0.2) is 0 Å². The van der Waals surface area contributed by atoms with E-state index in [0.717, 1.165) is 57.3 Å². The van der Waals surface area contributed by atoms with Gasteiger partial charge in [-0.1, -0.05) is 29.3 Å². The first-order valence-corrected chi connectivity index (χ1v) is 15.2. The molecule has 0 aliphatic rings. The van der Waals surface area contributed by atoms with Crippen molar-refractivity contribution in [2.75, 3.05) is 6.61 Å². The third kappa shape index (κ3) is 9.13. The summed E-state index contributed by atoms with van der Waals surface area (Å²) >= 11 is 12.4. The van der Waals surface area contributed by atoms with Gasteiger partial charge < -0.3 is 0 Å². The van der Waals surface area contributed by atoms with Crippen LogP contribution in [0.1, 0.15) is 46.8 Å². The van der Waals surface area contributed by atoms with Crippen LogP contribution in [-0.2, 0) is 30.8 Å². The van der Waals surface area contributed by atoms with Crippen molar-refractivity contribution in [2.45, 2.75) is 55.4 Å². The van der Waals surface area contributed by atoms with Crippen molar-refractivity contribution in [1.29, 1.82) is 0 Å². The molecule has 0 amide bonds. The molecule has 0 bridgehead atoms. The molecule has 0 heterocycles. The van der Waals surface area contributed by atoms with E-state index in [1.165, 1.54) is 17.2 Å². The second kappa shape index (κ2) is 14.9. The molecule has 0 aliphatic heterocycles. The number of aromatic hydroxyl groups is 1. The van der Waals surface area contributed by atoms with Crippen LogP contribution in [0.4, 0.5) is 0 Å². The number of aliphatic hydroxyl groups excluding tert-OH is 2. The van der Waals surface area contributed by atoms with Crippen molar-refractivity contribution in [2.24, 2.45) is 0 Å². The molecule has 0 saturated heterocycles. The van der Waals surface area contributed by atoms with E-state index in [0.29, 0.717) is 18.8 Å². The van der Waals surface area contributed by atoms with Crippen LogP contribution in [0.5, 0.6) is 5.75 Å². The molecule has 35 heavy (non-hydrogen) atoms. The van der Waals surface area contributed by atoms with Crippen molar-refractivity contribution in [3.05, 3.63) is 98.5 Å². The van der Waals surface area contributed by atoms with Gasteiger partial charge in [0.15, 0.2) is 0 Å². The minimum atomic E-state index is -0.561. The van der Waals surface area contributed by atoms with Crippen LogP contribution in [0, 0.1) is 0 Å². The Labute approximate surface area is 224 Å². The second-order valence-corrected chi connectivity index (χ2v) is 11.9. The molecule has 3 aromatic carbocycles. The maximum absolute atomic E-state index is 10.5. The van der Waals surface area contributed by atoms with Crippen LogP contribution in [0.25, 0.3) is 0 Å². The van der Waals surface area contributed by atoms with E-state index in [1.807, 2.05) is 18.2 Å². The molecule has 3 rings (SSSR count). The number of benzene rings is 3. The van der Waals surface area contributed by atoms with Gasteiger partial charge in [0, 0.05) is 10.0 Å². The Hall–Kier alpha value is -1.52. The van der Waals surface area contributed by atoms with Gasteiger partial charge in [-0.3, -0.25) is 0 Å². The third-order valence-corrected chi connectivity index (χ3v) is 8.91. The molecule has 0 spiro atoms. The molecule has 0 aromatic heterocycles. The summed E-state index contributed by atoms with van der Waals surface area (Å²) < 4.78 is 5.88. The van der Waals surface area contributed by atoms with Crippen LogP contribution in [0.2, 0.25) is 20.5 Å². The van der Waals surface area contributed by atoms with Gasteiger partial charge >= 0.3 is 174 Å². The van der Waals surface area contributed by atoms with Crippen molar-refractivity contribution in [3.63, 3.8) is 0 Å². The van der Waals surface area contributed by atoms with E-state index < -0.39 is 6.10 Å². The Morgan fingerprint density at radius 3 is 2.40 bits per heavy atom. The molecule has 187 valence electrons. The zero-order valence-corrected chi connectivity index (χ0v) is 23.1. The van der Waals surface area contributed by atoms with Crippen molar-refractivity contribution < 1.29 is 20.1 Å². The first-order valence-electron chi connectivity index (χ1n) is 11.8. The molecule has 0 unspecified atom stereocenters. The Morgan fingerprint density at radius 1 is 0.886 bits per heavy atom. The van der Waals surface area contributed by atoms with Gasteiger partial charge in [0.05, 0.1) is 0 Å². The minimum absolute atomic E-state index is 0.0126. The molecule has 4 nitrogen and oxygen atoms in total. The summed E-state index contributed by atoms with van der Waals surface area (Å²) in [5, 5.41) is 32.7. The predicted molar refractivity (Wildman–Crippen MR) is 144 cm³/mol. The monoisotopic (exact) mass is 577 g/mol. The van der Waals surface area contributed by atoms with Crippen LogP contribution in [0.15, 0.2) is 60.7 Å². The summed E-state index contributed by atoms with van der Waals surface area (Å²) in [6.45, 7) is 1.06. The maximum atomic E-state index is 10.5. The first-order chi connectivity index (χ1) is 17.0. The molecule has 3 aromatic rings. The second-order valence-electron chi connectivity index (χ2n) is 8.47. The van der Waals surface area contributed by atoms with Gasteiger partial charge in [0.1, 0.15) is 0 Å². The number of ether oxygens (including phenoxy) is 1. The van der Waals surface area contributed by atoms with Gasteiger partial charge in [-0.2, -0.15) is 0 Å². The number of aryl methyl sites for hydroxylation is 1. The quantitative estimate of drug-likeness (QED) is 0.150. The number of aliphatic hydroxyl groups is 2. The summed E-state index contributed by atoms with van der Waals surface area (Å²) in [4.78, 5) is 0. The number of rotatable bonds is 14. The average molecular weight is 578 g/mol. The Balaban J connectivity index is 1.33. The molecule has 1 atom stereocenters.